The number of rotatable bonds is 9. The number of hydrogen-bond donors (Lipinski definition) is 1. The van der Waals surface area contributed by atoms with Crippen LogP contribution in [0.3, 0.4) is 0 Å². The molecule has 1 amide bonds. The summed E-state index contributed by atoms with van der Waals surface area (Å²) >= 11 is 0. The summed E-state index contributed by atoms with van der Waals surface area (Å²) in [6, 6.07) is 6.49. The van der Waals surface area contributed by atoms with Gasteiger partial charge in [0.2, 0.25) is 5.91 Å². The predicted molar refractivity (Wildman–Crippen MR) is 115 cm³/mol. The van der Waals surface area contributed by atoms with Crippen LogP contribution in [0, 0.1) is 11.7 Å². The lowest BCUT2D eigenvalue weighted by atomic mass is 9.91. The van der Waals surface area contributed by atoms with E-state index in [-0.39, 0.29) is 23.8 Å². The molecular formula is C23H36FN3O3. The van der Waals surface area contributed by atoms with Crippen LogP contribution in [0.1, 0.15) is 38.3 Å². The highest BCUT2D eigenvalue weighted by molar-refractivity contribution is 5.82. The lowest BCUT2D eigenvalue weighted by Gasteiger charge is -2.39. The molecule has 0 aliphatic carbocycles. The minimum atomic E-state index is -0.246. The summed E-state index contributed by atoms with van der Waals surface area (Å²) in [5.74, 6) is 0.159. The zero-order valence-electron chi connectivity index (χ0n) is 18.3. The molecule has 2 atom stereocenters. The van der Waals surface area contributed by atoms with Gasteiger partial charge in [0, 0.05) is 32.7 Å². The van der Waals surface area contributed by atoms with E-state index in [0.29, 0.717) is 38.9 Å². The van der Waals surface area contributed by atoms with Crippen molar-refractivity contribution in [2.75, 3.05) is 59.2 Å². The molecule has 2 aliphatic heterocycles. The maximum Gasteiger partial charge on any atom is 0.237 e. The fourth-order valence-corrected chi connectivity index (χ4v) is 4.60. The molecule has 1 aromatic carbocycles. The van der Waals surface area contributed by atoms with Crippen LogP contribution >= 0.6 is 0 Å². The monoisotopic (exact) mass is 421 g/mol. The van der Waals surface area contributed by atoms with Gasteiger partial charge in [0.1, 0.15) is 5.82 Å². The second-order valence-electron chi connectivity index (χ2n) is 8.13. The van der Waals surface area contributed by atoms with Gasteiger partial charge < -0.3 is 14.8 Å². The number of ether oxygens (including phenoxy) is 2. The fourth-order valence-electron chi connectivity index (χ4n) is 4.60. The second kappa shape index (κ2) is 11.7. The average Bonchev–Trinajstić information content (AvgIpc) is 2.79. The van der Waals surface area contributed by atoms with Crippen molar-refractivity contribution >= 4 is 5.91 Å². The normalized spacial score (nSPS) is 20.8. The summed E-state index contributed by atoms with van der Waals surface area (Å²) < 4.78 is 24.5. The van der Waals surface area contributed by atoms with E-state index in [0.717, 1.165) is 44.6 Å². The van der Waals surface area contributed by atoms with E-state index >= 15 is 0 Å². The molecule has 30 heavy (non-hydrogen) atoms. The largest absolute Gasteiger partial charge is 0.379 e. The highest BCUT2D eigenvalue weighted by Gasteiger charge is 2.33. The first-order chi connectivity index (χ1) is 14.6. The highest BCUT2D eigenvalue weighted by Crippen LogP contribution is 2.24. The van der Waals surface area contributed by atoms with Gasteiger partial charge in [0.25, 0.3) is 0 Å². The maximum atomic E-state index is 13.5. The lowest BCUT2D eigenvalue weighted by Crippen LogP contribution is -2.55. The van der Waals surface area contributed by atoms with Gasteiger partial charge in [-0.15, -0.1) is 0 Å². The van der Waals surface area contributed by atoms with E-state index < -0.39 is 0 Å². The van der Waals surface area contributed by atoms with Gasteiger partial charge in [-0.3, -0.25) is 14.6 Å². The Morgan fingerprint density at radius 1 is 0.967 bits per heavy atom. The molecule has 2 aliphatic rings. The van der Waals surface area contributed by atoms with E-state index in [1.54, 1.807) is 0 Å². The lowest BCUT2D eigenvalue weighted by molar-refractivity contribution is -0.131. The average molecular weight is 422 g/mol. The first kappa shape index (κ1) is 23.1. The summed E-state index contributed by atoms with van der Waals surface area (Å²) in [4.78, 5) is 18.0. The van der Waals surface area contributed by atoms with E-state index in [1.165, 1.54) is 12.1 Å². The molecule has 1 aromatic rings. The zero-order chi connectivity index (χ0) is 21.3. The van der Waals surface area contributed by atoms with Crippen molar-refractivity contribution in [1.29, 1.82) is 0 Å². The van der Waals surface area contributed by atoms with Crippen molar-refractivity contribution in [3.63, 3.8) is 0 Å². The van der Waals surface area contributed by atoms with Gasteiger partial charge in [-0.25, -0.2) is 4.39 Å². The summed E-state index contributed by atoms with van der Waals surface area (Å²) in [6.07, 6.45) is 1.94. The first-order valence-corrected chi connectivity index (χ1v) is 11.3. The highest BCUT2D eigenvalue weighted by atomic mass is 19.1. The van der Waals surface area contributed by atoms with Crippen LogP contribution in [-0.4, -0.2) is 80.9 Å². The Morgan fingerprint density at radius 3 is 2.03 bits per heavy atom. The quantitative estimate of drug-likeness (QED) is 0.664. The number of nitrogens with one attached hydrogen (secondary N) is 1. The van der Waals surface area contributed by atoms with E-state index in [4.69, 9.17) is 9.47 Å². The third kappa shape index (κ3) is 6.00. The Kier molecular flexibility index (Phi) is 9.05. The summed E-state index contributed by atoms with van der Waals surface area (Å²) in [5, 5.41) is 3.24. The molecule has 0 bridgehead atoms. The Balaban J connectivity index is 1.72. The van der Waals surface area contributed by atoms with Gasteiger partial charge in [0.15, 0.2) is 0 Å². The molecule has 2 saturated heterocycles. The maximum absolute atomic E-state index is 13.5. The van der Waals surface area contributed by atoms with Crippen molar-refractivity contribution in [2.45, 2.75) is 38.8 Å². The number of benzene rings is 1. The molecule has 2 unspecified atom stereocenters. The van der Waals surface area contributed by atoms with E-state index in [1.807, 2.05) is 12.1 Å². The van der Waals surface area contributed by atoms with Gasteiger partial charge in [0.05, 0.1) is 38.5 Å². The summed E-state index contributed by atoms with van der Waals surface area (Å²) in [6.45, 7) is 10.7. The van der Waals surface area contributed by atoms with Gasteiger partial charge in [-0.2, -0.15) is 0 Å². The Bertz CT molecular complexity index is 642. The van der Waals surface area contributed by atoms with Crippen LogP contribution < -0.4 is 5.32 Å². The zero-order valence-corrected chi connectivity index (χ0v) is 18.3. The number of hydrogen-bond acceptors (Lipinski definition) is 5. The third-order valence-corrected chi connectivity index (χ3v) is 6.41. The second-order valence-corrected chi connectivity index (χ2v) is 8.13. The van der Waals surface area contributed by atoms with Crippen LogP contribution in [0.25, 0.3) is 0 Å². The summed E-state index contributed by atoms with van der Waals surface area (Å²) in [5.41, 5.74) is 1.02. The minimum absolute atomic E-state index is 0.00509. The molecule has 0 aromatic heterocycles. The molecule has 168 valence electrons. The Hall–Kier alpha value is -1.54. The fraction of sp³-hybridized carbons (Fsp3) is 0.696. The molecule has 7 heteroatoms. The van der Waals surface area contributed by atoms with Crippen molar-refractivity contribution in [1.82, 2.24) is 15.1 Å². The summed E-state index contributed by atoms with van der Waals surface area (Å²) in [7, 11) is 0. The number of carbonyl (C=O) groups is 1. The molecule has 6 nitrogen and oxygen atoms in total. The molecule has 2 fully saturated rings. The predicted octanol–water partition coefficient (Wildman–Crippen LogP) is 2.45. The van der Waals surface area contributed by atoms with Crippen LogP contribution in [-0.2, 0) is 14.3 Å². The Morgan fingerprint density at radius 2 is 1.50 bits per heavy atom. The van der Waals surface area contributed by atoms with Crippen molar-refractivity contribution in [3.8, 4) is 0 Å². The molecule has 0 saturated carbocycles. The number of morpholine rings is 2. The topological polar surface area (TPSA) is 54.0 Å². The van der Waals surface area contributed by atoms with E-state index in [2.05, 4.69) is 29.0 Å². The Labute approximate surface area is 179 Å². The molecular weight excluding hydrogens is 385 g/mol. The molecule has 0 radical (unpaired) electrons. The van der Waals surface area contributed by atoms with Crippen molar-refractivity contribution in [3.05, 3.63) is 35.6 Å². The van der Waals surface area contributed by atoms with Crippen LogP contribution in [0.4, 0.5) is 4.39 Å². The number of nitrogens with zero attached hydrogens (tertiary/aromatic N) is 2. The van der Waals surface area contributed by atoms with Crippen LogP contribution in [0.15, 0.2) is 24.3 Å². The van der Waals surface area contributed by atoms with Crippen molar-refractivity contribution in [2.24, 2.45) is 5.92 Å². The number of halogens is 1. The SMILES string of the molecule is CCC(CC)C(C(=O)NCC(c1ccc(F)cc1)N1CCOCC1)N1CCOCC1. The standard InChI is InChI=1S/C23H36FN3O3/c1-3-18(4-2)22(27-11-15-30-16-12-27)23(28)25-17-21(26-9-13-29-14-10-26)19-5-7-20(24)8-6-19/h5-8,18,21-22H,3-4,9-17H2,1-2H3,(H,25,28). The van der Waals surface area contributed by atoms with E-state index in [9.17, 15) is 9.18 Å². The van der Waals surface area contributed by atoms with Gasteiger partial charge >= 0.3 is 0 Å². The van der Waals surface area contributed by atoms with Crippen molar-refractivity contribution < 1.29 is 18.7 Å². The minimum Gasteiger partial charge on any atom is -0.379 e. The molecule has 3 rings (SSSR count). The van der Waals surface area contributed by atoms with Gasteiger partial charge in [-0.05, 0) is 23.6 Å². The van der Waals surface area contributed by atoms with Crippen LogP contribution in [0.5, 0.6) is 0 Å². The number of carbonyl (C=O) groups excluding carboxylic acids is 1. The van der Waals surface area contributed by atoms with Crippen LogP contribution in [0.2, 0.25) is 0 Å². The molecule has 2 heterocycles. The molecule has 0 spiro atoms. The first-order valence-electron chi connectivity index (χ1n) is 11.3. The smallest absolute Gasteiger partial charge is 0.237 e. The number of amides is 1. The van der Waals surface area contributed by atoms with Gasteiger partial charge in [-0.1, -0.05) is 38.8 Å². The molecule has 1 N–H and O–H groups in total. The third-order valence-electron chi connectivity index (χ3n) is 6.41.